The summed E-state index contributed by atoms with van der Waals surface area (Å²) < 4.78 is 0. The maximum Gasteiger partial charge on any atom is 0.139 e. The summed E-state index contributed by atoms with van der Waals surface area (Å²) in [6.07, 6.45) is 7.65. The number of carbonyl (C=O) groups excluding carboxylic acids is 1. The molecule has 0 radical (unpaired) electrons. The van der Waals surface area contributed by atoms with E-state index in [0.29, 0.717) is 30.5 Å². The molecule has 7 atom stereocenters. The molecule has 0 aromatic heterocycles. The third kappa shape index (κ3) is 1.78. The molecule has 0 amide bonds. The van der Waals surface area contributed by atoms with E-state index in [2.05, 4.69) is 19.9 Å². The van der Waals surface area contributed by atoms with Crippen LogP contribution in [-0.4, -0.2) is 28.2 Å². The van der Waals surface area contributed by atoms with Crippen LogP contribution in [0.4, 0.5) is 0 Å². The summed E-state index contributed by atoms with van der Waals surface area (Å²) in [6, 6.07) is 0. The Balaban J connectivity index is 1.74. The van der Waals surface area contributed by atoms with Gasteiger partial charge in [-0.25, -0.2) is 0 Å². The molecule has 3 fully saturated rings. The molecule has 3 heteroatoms. The summed E-state index contributed by atoms with van der Waals surface area (Å²) in [5.41, 5.74) is 1.09. The zero-order valence-electron chi connectivity index (χ0n) is 13.7. The van der Waals surface area contributed by atoms with Crippen LogP contribution in [-0.2, 0) is 4.79 Å². The number of carbonyl (C=O) groups is 1. The van der Waals surface area contributed by atoms with Gasteiger partial charge < -0.3 is 10.2 Å². The normalized spacial score (nSPS) is 54.3. The molecule has 0 aromatic carbocycles. The second-order valence-corrected chi connectivity index (χ2v) is 8.73. The maximum atomic E-state index is 12.4. The van der Waals surface area contributed by atoms with Crippen LogP contribution in [0.15, 0.2) is 11.6 Å². The van der Waals surface area contributed by atoms with Crippen molar-refractivity contribution in [1.82, 2.24) is 0 Å². The molecular formula is C19H28O3. The van der Waals surface area contributed by atoms with Crippen molar-refractivity contribution in [2.75, 3.05) is 0 Å². The summed E-state index contributed by atoms with van der Waals surface area (Å²) in [4.78, 5) is 12.4. The van der Waals surface area contributed by atoms with Crippen molar-refractivity contribution < 1.29 is 15.0 Å². The molecule has 3 nitrogen and oxygen atoms in total. The Hall–Kier alpha value is -0.670. The average Bonchev–Trinajstić information content (AvgIpc) is 2.75. The lowest BCUT2D eigenvalue weighted by atomic mass is 9.47. The Morgan fingerprint density at radius 1 is 1.18 bits per heavy atom. The summed E-state index contributed by atoms with van der Waals surface area (Å²) in [7, 11) is 0. The monoisotopic (exact) mass is 304 g/mol. The van der Waals surface area contributed by atoms with E-state index in [-0.39, 0.29) is 29.0 Å². The molecule has 0 bridgehead atoms. The van der Waals surface area contributed by atoms with Crippen LogP contribution in [0, 0.1) is 28.6 Å². The van der Waals surface area contributed by atoms with Gasteiger partial charge in [0, 0.05) is 11.8 Å². The van der Waals surface area contributed by atoms with Gasteiger partial charge in [-0.1, -0.05) is 25.5 Å². The minimum Gasteiger partial charge on any atom is -0.393 e. The SMILES string of the molecule is C[C@]12CC[C@H](O)CC1=CCC1C2C(O)C[C@]2(C)C(=O)CCC12. The minimum absolute atomic E-state index is 0.0224. The van der Waals surface area contributed by atoms with E-state index in [1.807, 2.05) is 0 Å². The van der Waals surface area contributed by atoms with Crippen molar-refractivity contribution in [1.29, 1.82) is 0 Å². The standard InChI is InChI=1S/C19H28O3/c1-18-8-7-12(20)9-11(18)3-4-13-14-5-6-16(22)19(14,2)10-15(21)17(13)18/h3,12-15,17,20-21H,4-10H2,1-2H3/t12-,13?,14?,15?,17?,18-,19-/m0/s1. The van der Waals surface area contributed by atoms with Gasteiger partial charge in [-0.15, -0.1) is 0 Å². The van der Waals surface area contributed by atoms with Crippen LogP contribution in [0.5, 0.6) is 0 Å². The maximum absolute atomic E-state index is 12.4. The van der Waals surface area contributed by atoms with Gasteiger partial charge in [0.15, 0.2) is 0 Å². The summed E-state index contributed by atoms with van der Waals surface area (Å²) in [5, 5.41) is 21.0. The molecule has 4 aliphatic rings. The number of Topliss-reactive ketones (excluding diaryl/α,β-unsaturated/α-hetero) is 1. The average molecular weight is 304 g/mol. The largest absolute Gasteiger partial charge is 0.393 e. The first kappa shape index (κ1) is 14.9. The molecule has 0 saturated heterocycles. The lowest BCUT2D eigenvalue weighted by Gasteiger charge is -2.58. The van der Waals surface area contributed by atoms with E-state index < -0.39 is 0 Å². The quantitative estimate of drug-likeness (QED) is 0.677. The minimum atomic E-state index is -0.378. The van der Waals surface area contributed by atoms with Crippen LogP contribution in [0.2, 0.25) is 0 Å². The highest BCUT2D eigenvalue weighted by molar-refractivity contribution is 5.87. The number of aliphatic hydroxyl groups is 2. The van der Waals surface area contributed by atoms with Crippen molar-refractivity contribution in [2.24, 2.45) is 28.6 Å². The molecule has 0 aromatic rings. The molecule has 0 spiro atoms. The third-order valence-electron chi connectivity index (χ3n) is 7.72. The van der Waals surface area contributed by atoms with Gasteiger partial charge in [0.2, 0.25) is 0 Å². The highest BCUT2D eigenvalue weighted by atomic mass is 16.3. The van der Waals surface area contributed by atoms with Gasteiger partial charge in [-0.05, 0) is 61.7 Å². The lowest BCUT2D eigenvalue weighted by molar-refractivity contribution is -0.145. The molecule has 4 rings (SSSR count). The van der Waals surface area contributed by atoms with Crippen molar-refractivity contribution >= 4 is 5.78 Å². The number of allylic oxidation sites excluding steroid dienone is 1. The van der Waals surface area contributed by atoms with Gasteiger partial charge in [0.05, 0.1) is 12.2 Å². The number of rotatable bonds is 0. The molecule has 4 unspecified atom stereocenters. The Morgan fingerprint density at radius 2 is 1.95 bits per heavy atom. The van der Waals surface area contributed by atoms with Crippen LogP contribution >= 0.6 is 0 Å². The summed E-state index contributed by atoms with van der Waals surface area (Å²) >= 11 is 0. The van der Waals surface area contributed by atoms with E-state index >= 15 is 0 Å². The van der Waals surface area contributed by atoms with Gasteiger partial charge in [0.25, 0.3) is 0 Å². The summed E-state index contributed by atoms with van der Waals surface area (Å²) in [6.45, 7) is 4.39. The second kappa shape index (κ2) is 4.67. The molecule has 4 aliphatic carbocycles. The molecule has 22 heavy (non-hydrogen) atoms. The molecule has 122 valence electrons. The van der Waals surface area contributed by atoms with Crippen LogP contribution in [0.3, 0.4) is 0 Å². The van der Waals surface area contributed by atoms with E-state index in [4.69, 9.17) is 0 Å². The van der Waals surface area contributed by atoms with Crippen molar-refractivity contribution in [3.05, 3.63) is 11.6 Å². The molecule has 3 saturated carbocycles. The Labute approximate surface area is 132 Å². The number of hydrogen-bond donors (Lipinski definition) is 2. The smallest absolute Gasteiger partial charge is 0.139 e. The topological polar surface area (TPSA) is 57.5 Å². The fraction of sp³-hybridized carbons (Fsp3) is 0.842. The number of fused-ring (bicyclic) bond motifs is 5. The molecular weight excluding hydrogens is 276 g/mol. The zero-order chi connectivity index (χ0) is 15.7. The van der Waals surface area contributed by atoms with Crippen LogP contribution in [0.1, 0.15) is 58.8 Å². The molecule has 2 N–H and O–H groups in total. The Kier molecular flexibility index (Phi) is 3.16. The van der Waals surface area contributed by atoms with E-state index in [9.17, 15) is 15.0 Å². The van der Waals surface area contributed by atoms with Gasteiger partial charge >= 0.3 is 0 Å². The predicted octanol–water partition coefficient (Wildman–Crippen LogP) is 2.85. The first-order chi connectivity index (χ1) is 10.4. The fourth-order valence-corrected chi connectivity index (χ4v) is 6.55. The Morgan fingerprint density at radius 3 is 2.73 bits per heavy atom. The van der Waals surface area contributed by atoms with Gasteiger partial charge in [0.1, 0.15) is 5.78 Å². The highest BCUT2D eigenvalue weighted by Crippen LogP contribution is 2.63. The van der Waals surface area contributed by atoms with E-state index in [1.165, 1.54) is 5.57 Å². The van der Waals surface area contributed by atoms with Gasteiger partial charge in [-0.3, -0.25) is 4.79 Å². The second-order valence-electron chi connectivity index (χ2n) is 8.73. The molecule has 0 aliphatic heterocycles. The van der Waals surface area contributed by atoms with Crippen molar-refractivity contribution in [2.45, 2.75) is 71.0 Å². The van der Waals surface area contributed by atoms with E-state index in [0.717, 1.165) is 32.1 Å². The first-order valence-corrected chi connectivity index (χ1v) is 8.95. The Bertz CT molecular complexity index is 539. The van der Waals surface area contributed by atoms with Gasteiger partial charge in [-0.2, -0.15) is 0 Å². The molecule has 0 heterocycles. The first-order valence-electron chi connectivity index (χ1n) is 8.95. The van der Waals surface area contributed by atoms with Crippen molar-refractivity contribution in [3.63, 3.8) is 0 Å². The lowest BCUT2D eigenvalue weighted by Crippen LogP contribution is -2.56. The number of aliphatic hydroxyl groups excluding tert-OH is 2. The van der Waals surface area contributed by atoms with E-state index in [1.54, 1.807) is 0 Å². The predicted molar refractivity (Wildman–Crippen MR) is 84.1 cm³/mol. The van der Waals surface area contributed by atoms with Crippen molar-refractivity contribution in [3.8, 4) is 0 Å². The zero-order valence-corrected chi connectivity index (χ0v) is 13.7. The van der Waals surface area contributed by atoms with Crippen LogP contribution < -0.4 is 0 Å². The number of ketones is 1. The number of hydrogen-bond acceptors (Lipinski definition) is 3. The van der Waals surface area contributed by atoms with Crippen LogP contribution in [0.25, 0.3) is 0 Å². The third-order valence-corrected chi connectivity index (χ3v) is 7.72. The highest BCUT2D eigenvalue weighted by Gasteiger charge is 2.61. The summed E-state index contributed by atoms with van der Waals surface area (Å²) in [5.74, 6) is 1.51. The fourth-order valence-electron chi connectivity index (χ4n) is 6.55.